The van der Waals surface area contributed by atoms with Gasteiger partial charge in [0.1, 0.15) is 18.1 Å². The smallest absolute Gasteiger partial charge is 0.338 e. The van der Waals surface area contributed by atoms with Gasteiger partial charge in [-0.25, -0.2) is 9.48 Å². The highest BCUT2D eigenvalue weighted by molar-refractivity contribution is 5.92. The molecule has 1 aromatic heterocycles. The van der Waals surface area contributed by atoms with Crippen LogP contribution in [0.25, 0.3) is 0 Å². The number of rotatable bonds is 4. The van der Waals surface area contributed by atoms with Crippen molar-refractivity contribution in [1.29, 1.82) is 0 Å². The molecule has 1 aliphatic rings. The van der Waals surface area contributed by atoms with E-state index >= 15 is 0 Å². The van der Waals surface area contributed by atoms with E-state index in [0.29, 0.717) is 29.6 Å². The van der Waals surface area contributed by atoms with Crippen molar-refractivity contribution in [2.45, 2.75) is 19.9 Å². The van der Waals surface area contributed by atoms with Crippen LogP contribution >= 0.6 is 0 Å². The molecule has 0 aliphatic carbocycles. The van der Waals surface area contributed by atoms with Gasteiger partial charge in [-0.15, -0.1) is 0 Å². The lowest BCUT2D eigenvalue weighted by molar-refractivity contribution is -0.139. The number of nitrogens with zero attached hydrogens (tertiary/aromatic N) is 3. The van der Waals surface area contributed by atoms with Gasteiger partial charge in [-0.2, -0.15) is 10.1 Å². The van der Waals surface area contributed by atoms with Crippen molar-refractivity contribution in [2.24, 2.45) is 0 Å². The molecule has 0 saturated heterocycles. The zero-order chi connectivity index (χ0) is 16.4. The van der Waals surface area contributed by atoms with Crippen LogP contribution in [0.4, 0.5) is 5.95 Å². The molecule has 2 heterocycles. The largest absolute Gasteiger partial charge is 0.496 e. The number of benzene rings is 1. The molecule has 0 spiro atoms. The second-order valence-corrected chi connectivity index (χ2v) is 5.06. The number of methoxy groups -OCH3 is 1. The van der Waals surface area contributed by atoms with E-state index in [2.05, 4.69) is 15.4 Å². The van der Waals surface area contributed by atoms with Crippen LogP contribution < -0.4 is 10.1 Å². The SMILES string of the molecule is CCOC(=O)C1=C(C)Nc2ncnn2[C@H]1c1ccccc1OC. The van der Waals surface area contributed by atoms with Gasteiger partial charge in [-0.05, 0) is 19.9 Å². The third-order valence-corrected chi connectivity index (χ3v) is 3.72. The maximum absolute atomic E-state index is 12.5. The fourth-order valence-electron chi connectivity index (χ4n) is 2.74. The average molecular weight is 314 g/mol. The monoisotopic (exact) mass is 314 g/mol. The van der Waals surface area contributed by atoms with Crippen LogP contribution in [0.15, 0.2) is 41.9 Å². The molecule has 7 nitrogen and oxygen atoms in total. The molecule has 120 valence electrons. The number of ether oxygens (including phenoxy) is 2. The Morgan fingerprint density at radius 3 is 2.91 bits per heavy atom. The average Bonchev–Trinajstić information content (AvgIpc) is 3.01. The van der Waals surface area contributed by atoms with Gasteiger partial charge < -0.3 is 14.8 Å². The van der Waals surface area contributed by atoms with Crippen LogP contribution in [0.2, 0.25) is 0 Å². The molecule has 23 heavy (non-hydrogen) atoms. The number of hydrogen-bond donors (Lipinski definition) is 1. The molecule has 0 bridgehead atoms. The van der Waals surface area contributed by atoms with Crippen LogP contribution in [-0.4, -0.2) is 34.5 Å². The number of fused-ring (bicyclic) bond motifs is 1. The topological polar surface area (TPSA) is 78.3 Å². The van der Waals surface area contributed by atoms with Crippen molar-refractivity contribution < 1.29 is 14.3 Å². The van der Waals surface area contributed by atoms with Crippen molar-refractivity contribution in [3.05, 3.63) is 47.4 Å². The summed E-state index contributed by atoms with van der Waals surface area (Å²) in [6.07, 6.45) is 1.45. The van der Waals surface area contributed by atoms with Gasteiger partial charge in [0.05, 0.1) is 19.3 Å². The second kappa shape index (κ2) is 6.12. The fourth-order valence-corrected chi connectivity index (χ4v) is 2.74. The van der Waals surface area contributed by atoms with E-state index in [1.807, 2.05) is 31.2 Å². The third-order valence-electron chi connectivity index (χ3n) is 3.72. The Hall–Kier alpha value is -2.83. The summed E-state index contributed by atoms with van der Waals surface area (Å²) in [5, 5.41) is 7.36. The molecule has 3 rings (SSSR count). The van der Waals surface area contributed by atoms with E-state index in [-0.39, 0.29) is 5.97 Å². The Kier molecular flexibility index (Phi) is 4.01. The normalized spacial score (nSPS) is 16.6. The molecule has 2 aromatic rings. The molecule has 1 atom stereocenters. The molecule has 0 amide bonds. The molecule has 0 fully saturated rings. The number of aromatic nitrogens is 3. The van der Waals surface area contributed by atoms with Crippen LogP contribution in [0.5, 0.6) is 5.75 Å². The predicted molar refractivity (Wildman–Crippen MR) is 84.1 cm³/mol. The lowest BCUT2D eigenvalue weighted by atomic mass is 9.95. The number of esters is 1. The summed E-state index contributed by atoms with van der Waals surface area (Å²) in [7, 11) is 1.60. The zero-order valence-corrected chi connectivity index (χ0v) is 13.2. The second-order valence-electron chi connectivity index (χ2n) is 5.06. The summed E-state index contributed by atoms with van der Waals surface area (Å²) < 4.78 is 12.4. The highest BCUT2D eigenvalue weighted by Crippen LogP contribution is 2.38. The minimum absolute atomic E-state index is 0.304. The molecule has 1 aliphatic heterocycles. The molecular weight excluding hydrogens is 296 g/mol. The number of anilines is 1. The van der Waals surface area contributed by atoms with Crippen LogP contribution in [-0.2, 0) is 9.53 Å². The maximum atomic E-state index is 12.5. The van der Waals surface area contributed by atoms with Crippen LogP contribution in [0, 0.1) is 0 Å². The lowest BCUT2D eigenvalue weighted by Crippen LogP contribution is -2.30. The van der Waals surface area contributed by atoms with E-state index in [1.54, 1.807) is 18.7 Å². The third kappa shape index (κ3) is 2.54. The van der Waals surface area contributed by atoms with Gasteiger partial charge in [0, 0.05) is 11.3 Å². The summed E-state index contributed by atoms with van der Waals surface area (Å²) >= 11 is 0. The first-order valence-corrected chi connectivity index (χ1v) is 7.34. The molecule has 7 heteroatoms. The van der Waals surface area contributed by atoms with E-state index in [1.165, 1.54) is 6.33 Å². The Labute approximate surface area is 133 Å². The number of nitrogens with one attached hydrogen (secondary N) is 1. The standard InChI is InChI=1S/C16H18N4O3/c1-4-23-15(21)13-10(2)19-16-17-9-18-20(16)14(13)11-7-5-6-8-12(11)22-3/h5-9,14H,4H2,1-3H3,(H,17,18,19)/t14-/m0/s1. The van der Waals surface area contributed by atoms with Crippen molar-refractivity contribution in [1.82, 2.24) is 14.8 Å². The predicted octanol–water partition coefficient (Wildman–Crippen LogP) is 2.14. The van der Waals surface area contributed by atoms with Crippen molar-refractivity contribution in [3.8, 4) is 5.75 Å². The summed E-state index contributed by atoms with van der Waals surface area (Å²) in [4.78, 5) is 16.7. The Bertz CT molecular complexity index is 766. The van der Waals surface area contributed by atoms with Gasteiger partial charge in [0.25, 0.3) is 0 Å². The van der Waals surface area contributed by atoms with Crippen LogP contribution in [0.1, 0.15) is 25.5 Å². The highest BCUT2D eigenvalue weighted by Gasteiger charge is 2.35. The van der Waals surface area contributed by atoms with E-state index in [0.717, 1.165) is 5.56 Å². The fraction of sp³-hybridized carbons (Fsp3) is 0.312. The van der Waals surface area contributed by atoms with Gasteiger partial charge >= 0.3 is 5.97 Å². The van der Waals surface area contributed by atoms with Crippen molar-refractivity contribution >= 4 is 11.9 Å². The van der Waals surface area contributed by atoms with E-state index in [9.17, 15) is 4.79 Å². The minimum Gasteiger partial charge on any atom is -0.496 e. The first-order valence-electron chi connectivity index (χ1n) is 7.34. The molecular formula is C16H18N4O3. The number of carbonyl (C=O) groups excluding carboxylic acids is 1. The molecule has 0 saturated carbocycles. The quantitative estimate of drug-likeness (QED) is 0.871. The zero-order valence-electron chi connectivity index (χ0n) is 13.2. The van der Waals surface area contributed by atoms with Gasteiger partial charge in [-0.3, -0.25) is 0 Å². The highest BCUT2D eigenvalue weighted by atomic mass is 16.5. The molecule has 0 unspecified atom stereocenters. The van der Waals surface area contributed by atoms with E-state index < -0.39 is 6.04 Å². The first-order chi connectivity index (χ1) is 11.2. The summed E-state index contributed by atoms with van der Waals surface area (Å²) in [6, 6.07) is 7.09. The number of carbonyl (C=O) groups is 1. The van der Waals surface area contributed by atoms with E-state index in [4.69, 9.17) is 9.47 Å². The number of hydrogen-bond acceptors (Lipinski definition) is 6. The van der Waals surface area contributed by atoms with Gasteiger partial charge in [0.2, 0.25) is 5.95 Å². The van der Waals surface area contributed by atoms with Crippen molar-refractivity contribution in [3.63, 3.8) is 0 Å². The summed E-state index contributed by atoms with van der Waals surface area (Å²) in [6.45, 7) is 3.91. The van der Waals surface area contributed by atoms with Gasteiger partial charge in [-0.1, -0.05) is 18.2 Å². The minimum atomic E-state index is -0.455. The maximum Gasteiger partial charge on any atom is 0.338 e. The molecule has 0 radical (unpaired) electrons. The Morgan fingerprint density at radius 1 is 1.39 bits per heavy atom. The molecule has 1 aromatic carbocycles. The first kappa shape index (κ1) is 15.1. The number of allylic oxidation sites excluding steroid dienone is 1. The Balaban J connectivity index is 2.19. The lowest BCUT2D eigenvalue weighted by Gasteiger charge is -2.28. The number of para-hydroxylation sites is 1. The Morgan fingerprint density at radius 2 is 2.17 bits per heavy atom. The summed E-state index contributed by atoms with van der Waals surface area (Å²) in [5.74, 6) is 0.872. The summed E-state index contributed by atoms with van der Waals surface area (Å²) in [5.41, 5.74) is 2.01. The van der Waals surface area contributed by atoms with Crippen molar-refractivity contribution in [2.75, 3.05) is 19.0 Å². The molecule has 1 N–H and O–H groups in total. The van der Waals surface area contributed by atoms with Crippen LogP contribution in [0.3, 0.4) is 0 Å². The van der Waals surface area contributed by atoms with Gasteiger partial charge in [0.15, 0.2) is 0 Å².